The van der Waals surface area contributed by atoms with E-state index in [4.69, 9.17) is 13.1 Å². The number of fused-ring (bicyclic) bond motifs is 2. The molecule has 0 radical (unpaired) electrons. The number of ketones is 1. The molecule has 2 unspecified atom stereocenters. The summed E-state index contributed by atoms with van der Waals surface area (Å²) >= 11 is 0. The summed E-state index contributed by atoms with van der Waals surface area (Å²) in [5.74, 6) is 1.35. The van der Waals surface area contributed by atoms with Gasteiger partial charge in [-0.25, -0.2) is 3.63 Å². The maximum Gasteiger partial charge on any atom is 0.278 e. The molecule has 2 saturated carbocycles. The summed E-state index contributed by atoms with van der Waals surface area (Å²) in [4.78, 5) is 15.5. The number of hydrogen-bond donors (Lipinski definition) is 0. The Morgan fingerprint density at radius 3 is 1.69 bits per heavy atom. The molecule has 0 spiro atoms. The summed E-state index contributed by atoms with van der Waals surface area (Å²) in [6.45, 7) is 9.38. The van der Waals surface area contributed by atoms with Crippen LogP contribution in [0.1, 0.15) is 59.8 Å². The first-order valence-corrected chi connectivity index (χ1v) is 18.0. The third-order valence-corrected chi connectivity index (χ3v) is 14.4. The first-order chi connectivity index (χ1) is 20.1. The molecule has 0 N–H and O–H groups in total. The van der Waals surface area contributed by atoms with E-state index in [0.717, 1.165) is 33.9 Å². The zero-order valence-electron chi connectivity index (χ0n) is 25.0. The molecular weight excluding hydrogens is 569 g/mol. The van der Waals surface area contributed by atoms with Gasteiger partial charge in [-0.2, -0.15) is 8.42 Å². The lowest BCUT2D eigenvalue weighted by Crippen LogP contribution is -2.42. The molecule has 3 aromatic carbocycles. The molecule has 8 heteroatoms. The van der Waals surface area contributed by atoms with Crippen LogP contribution >= 0.6 is 10.3 Å². The monoisotopic (exact) mass is 610 g/mol. The standard InChI is InChI=1S/C34H42O6S2/c1-5-22-38-27-12-16-30(17-13-27)42(29-10-8-7-9-11-29,31-18-14-28(15-19-31)39-23-6-2)40-41(36,37)25-34-21-20-26(24-32(34)35)33(34,3)4/h7-19,26H,5-6,20-25H2,1-4H3. The van der Waals surface area contributed by atoms with Gasteiger partial charge in [-0.1, -0.05) is 45.9 Å². The van der Waals surface area contributed by atoms with E-state index in [2.05, 4.69) is 0 Å². The number of benzene rings is 3. The SMILES string of the molecule is CCCOc1ccc(S(OS(=O)(=O)CC23CCC(CC2=O)C3(C)C)(c2ccccc2)c2ccc(OCCC)cc2)cc1. The Hall–Kier alpha value is -2.81. The third-order valence-electron chi connectivity index (χ3n) is 9.10. The Labute approximate surface area is 252 Å². The maximum absolute atomic E-state index is 14.4. The van der Waals surface area contributed by atoms with E-state index in [-0.39, 0.29) is 17.5 Å². The van der Waals surface area contributed by atoms with E-state index in [1.807, 2.05) is 107 Å². The molecule has 0 amide bonds. The van der Waals surface area contributed by atoms with Crippen molar-refractivity contribution >= 4 is 26.2 Å². The molecule has 6 nitrogen and oxygen atoms in total. The molecular formula is C34H42O6S2. The smallest absolute Gasteiger partial charge is 0.278 e. The Morgan fingerprint density at radius 1 is 0.762 bits per heavy atom. The predicted molar refractivity (Wildman–Crippen MR) is 167 cm³/mol. The molecule has 0 aliphatic heterocycles. The minimum Gasteiger partial charge on any atom is -0.494 e. The lowest BCUT2D eigenvalue weighted by Gasteiger charge is -2.41. The first-order valence-electron chi connectivity index (χ1n) is 14.9. The third kappa shape index (κ3) is 5.49. The van der Waals surface area contributed by atoms with E-state index >= 15 is 0 Å². The van der Waals surface area contributed by atoms with Gasteiger partial charge in [-0.05, 0) is 108 Å². The lowest BCUT2D eigenvalue weighted by molar-refractivity contribution is -0.128. The molecule has 3 aromatic rings. The van der Waals surface area contributed by atoms with Crippen molar-refractivity contribution < 1.29 is 26.3 Å². The average molecular weight is 611 g/mol. The van der Waals surface area contributed by atoms with Crippen molar-refractivity contribution in [3.8, 4) is 11.5 Å². The molecule has 2 bridgehead atoms. The van der Waals surface area contributed by atoms with Crippen LogP contribution in [0, 0.1) is 16.7 Å². The van der Waals surface area contributed by atoms with Gasteiger partial charge < -0.3 is 9.47 Å². The van der Waals surface area contributed by atoms with Crippen LogP contribution in [0.2, 0.25) is 0 Å². The topological polar surface area (TPSA) is 78.9 Å². The second-order valence-electron chi connectivity index (χ2n) is 11.9. The van der Waals surface area contributed by atoms with Crippen LogP contribution in [0.25, 0.3) is 0 Å². The summed E-state index contributed by atoms with van der Waals surface area (Å²) in [6.07, 6.45) is 3.65. The van der Waals surface area contributed by atoms with Gasteiger partial charge in [0.05, 0.1) is 24.4 Å². The largest absolute Gasteiger partial charge is 0.494 e. The number of ether oxygens (including phenoxy) is 2. The van der Waals surface area contributed by atoms with Crippen LogP contribution < -0.4 is 9.47 Å². The fourth-order valence-corrected chi connectivity index (χ4v) is 12.7. The highest BCUT2D eigenvalue weighted by Crippen LogP contribution is 2.71. The van der Waals surface area contributed by atoms with Crippen molar-refractivity contribution in [3.63, 3.8) is 0 Å². The van der Waals surface area contributed by atoms with E-state index in [1.165, 1.54) is 0 Å². The number of Topliss-reactive ketones (excluding diaryl/α,β-unsaturated/α-hetero) is 1. The molecule has 0 saturated heterocycles. The Balaban J connectivity index is 1.64. The lowest BCUT2D eigenvalue weighted by atomic mass is 9.70. The van der Waals surface area contributed by atoms with Crippen molar-refractivity contribution in [2.75, 3.05) is 19.0 Å². The van der Waals surface area contributed by atoms with Crippen molar-refractivity contribution in [2.24, 2.45) is 16.7 Å². The molecule has 2 atom stereocenters. The molecule has 2 aliphatic rings. The second-order valence-corrected chi connectivity index (χ2v) is 16.4. The van der Waals surface area contributed by atoms with Crippen molar-refractivity contribution in [2.45, 2.75) is 74.5 Å². The van der Waals surface area contributed by atoms with E-state index < -0.39 is 31.3 Å². The van der Waals surface area contributed by atoms with Crippen LogP contribution in [0.4, 0.5) is 0 Å². The number of carbonyl (C=O) groups is 1. The minimum atomic E-state index is -4.21. The van der Waals surface area contributed by atoms with Crippen LogP contribution in [0.15, 0.2) is 93.5 Å². The second kappa shape index (κ2) is 12.1. The van der Waals surface area contributed by atoms with Crippen molar-refractivity contribution in [1.82, 2.24) is 0 Å². The van der Waals surface area contributed by atoms with Gasteiger partial charge in [0, 0.05) is 21.1 Å². The normalized spacial score (nSPS) is 21.8. The highest BCUT2D eigenvalue weighted by Gasteiger charge is 2.65. The zero-order valence-corrected chi connectivity index (χ0v) is 26.6. The molecule has 226 valence electrons. The molecule has 2 fully saturated rings. The van der Waals surface area contributed by atoms with Crippen LogP contribution in [0.5, 0.6) is 11.5 Å². The van der Waals surface area contributed by atoms with Gasteiger partial charge in [-0.15, -0.1) is 0 Å². The molecule has 0 heterocycles. The first kappa shape index (κ1) is 30.6. The van der Waals surface area contributed by atoms with Gasteiger partial charge in [0.1, 0.15) is 17.3 Å². The quantitative estimate of drug-likeness (QED) is 0.194. The molecule has 0 aromatic heterocycles. The van der Waals surface area contributed by atoms with Crippen molar-refractivity contribution in [1.29, 1.82) is 0 Å². The predicted octanol–water partition coefficient (Wildman–Crippen LogP) is 8.20. The van der Waals surface area contributed by atoms with Crippen LogP contribution in [0.3, 0.4) is 0 Å². The van der Waals surface area contributed by atoms with Crippen LogP contribution in [-0.4, -0.2) is 33.2 Å². The number of hydrogen-bond acceptors (Lipinski definition) is 6. The molecule has 2 aliphatic carbocycles. The molecule has 5 rings (SSSR count). The van der Waals surface area contributed by atoms with Gasteiger partial charge in [0.25, 0.3) is 10.1 Å². The average Bonchev–Trinajstić information content (AvgIpc) is 3.33. The van der Waals surface area contributed by atoms with Gasteiger partial charge in [-0.3, -0.25) is 4.79 Å². The summed E-state index contributed by atoms with van der Waals surface area (Å²) in [5.41, 5.74) is -1.34. The highest BCUT2D eigenvalue weighted by atomic mass is 32.3. The zero-order chi connectivity index (χ0) is 30.0. The van der Waals surface area contributed by atoms with E-state index in [9.17, 15) is 13.2 Å². The van der Waals surface area contributed by atoms with E-state index in [0.29, 0.717) is 37.6 Å². The van der Waals surface area contributed by atoms with Gasteiger partial charge >= 0.3 is 0 Å². The number of rotatable bonds is 13. The maximum atomic E-state index is 14.4. The molecule has 42 heavy (non-hydrogen) atoms. The van der Waals surface area contributed by atoms with Gasteiger partial charge in [0.2, 0.25) is 0 Å². The fourth-order valence-electron chi connectivity index (χ4n) is 6.62. The number of carbonyl (C=O) groups excluding carboxylic acids is 1. The van der Waals surface area contributed by atoms with Gasteiger partial charge in [0.15, 0.2) is 0 Å². The Bertz CT molecular complexity index is 1430. The minimum absolute atomic E-state index is 0.0473. The Kier molecular flexibility index (Phi) is 8.80. The summed E-state index contributed by atoms with van der Waals surface area (Å²) in [7, 11) is -7.00. The highest BCUT2D eigenvalue weighted by molar-refractivity contribution is 8.33. The van der Waals surface area contributed by atoms with Crippen LogP contribution in [-0.2, 0) is 18.5 Å². The van der Waals surface area contributed by atoms with Crippen molar-refractivity contribution in [3.05, 3.63) is 78.9 Å². The summed E-state index contributed by atoms with van der Waals surface area (Å²) in [5, 5.41) is 0. The van der Waals surface area contributed by atoms with E-state index in [1.54, 1.807) is 0 Å². The summed E-state index contributed by atoms with van der Waals surface area (Å²) < 4.78 is 47.0. The fraction of sp³-hybridized carbons (Fsp3) is 0.441. The Morgan fingerprint density at radius 2 is 1.26 bits per heavy atom. The summed E-state index contributed by atoms with van der Waals surface area (Å²) in [6, 6.07) is 24.6.